The number of aliphatic hydroxyl groups is 3. The lowest BCUT2D eigenvalue weighted by atomic mass is 10.1. The normalized spacial score (nSPS) is 34.9. The van der Waals surface area contributed by atoms with Crippen LogP contribution in [0.15, 0.2) is 12.0 Å². The molecule has 0 aliphatic carbocycles. The van der Waals surface area contributed by atoms with Crippen LogP contribution in [-0.2, 0) is 14.3 Å². The maximum Gasteiger partial charge on any atom is 0.300 e. The molecule has 0 radical (unpaired) electrons. The fraction of sp³-hybridized carbons (Fsp3) is 0.500. The van der Waals surface area contributed by atoms with E-state index < -0.39 is 18.5 Å². The van der Waals surface area contributed by atoms with Gasteiger partial charge in [0.15, 0.2) is 0 Å². The van der Waals surface area contributed by atoms with Crippen molar-refractivity contribution in [2.45, 2.75) is 18.5 Å². The van der Waals surface area contributed by atoms with Crippen molar-refractivity contribution in [3.63, 3.8) is 0 Å². The molecule has 68 valence electrons. The molecule has 1 heterocycles. The molecule has 0 spiro atoms. The predicted molar refractivity (Wildman–Crippen MR) is 34.3 cm³/mol. The van der Waals surface area contributed by atoms with E-state index in [0.717, 1.165) is 6.08 Å². The quantitative estimate of drug-likeness (QED) is 0.424. The molecule has 0 saturated heterocycles. The Morgan fingerprint density at radius 2 is 2.17 bits per heavy atom. The van der Waals surface area contributed by atoms with Crippen molar-refractivity contribution in [1.29, 1.82) is 0 Å². The van der Waals surface area contributed by atoms with Gasteiger partial charge in [0.2, 0.25) is 6.29 Å². The second kappa shape index (κ2) is 3.53. The Labute approximate surface area is 67.6 Å². The van der Waals surface area contributed by atoms with Gasteiger partial charge in [0.1, 0.15) is 12.2 Å². The van der Waals surface area contributed by atoms with Crippen molar-refractivity contribution >= 4 is 6.47 Å². The highest BCUT2D eigenvalue weighted by molar-refractivity contribution is 5.39. The van der Waals surface area contributed by atoms with Crippen molar-refractivity contribution in [3.8, 4) is 0 Å². The highest BCUT2D eigenvalue weighted by Gasteiger charge is 2.31. The molecule has 1 aliphatic rings. The number of rotatable bonds is 2. The Kier molecular flexibility index (Phi) is 2.64. The molecule has 0 saturated carbocycles. The molecule has 6 nitrogen and oxygen atoms in total. The molecule has 6 heteroatoms. The molecule has 0 aromatic rings. The first kappa shape index (κ1) is 8.98. The standard InChI is InChI=1S/C6H8O6/c7-2-11-4-1-3(8)5(9)6(10)12-4/h1-3,5-6,8-10H/t3-,5?,6+/m0/s1. The van der Waals surface area contributed by atoms with E-state index in [-0.39, 0.29) is 12.4 Å². The minimum absolute atomic E-state index is 0.0863. The third-order valence-electron chi connectivity index (χ3n) is 1.35. The number of carbonyl (C=O) groups is 1. The number of hydrogen-bond acceptors (Lipinski definition) is 6. The summed E-state index contributed by atoms with van der Waals surface area (Å²) in [6, 6.07) is 0. The van der Waals surface area contributed by atoms with Gasteiger partial charge in [-0.15, -0.1) is 0 Å². The molecular weight excluding hydrogens is 168 g/mol. The van der Waals surface area contributed by atoms with Crippen LogP contribution in [0, 0.1) is 0 Å². The van der Waals surface area contributed by atoms with E-state index >= 15 is 0 Å². The van der Waals surface area contributed by atoms with E-state index in [1.807, 2.05) is 0 Å². The van der Waals surface area contributed by atoms with E-state index in [1.54, 1.807) is 0 Å². The van der Waals surface area contributed by atoms with Gasteiger partial charge in [-0.2, -0.15) is 0 Å². The molecule has 1 rings (SSSR count). The largest absolute Gasteiger partial charge is 0.433 e. The summed E-state index contributed by atoms with van der Waals surface area (Å²) in [4.78, 5) is 9.80. The van der Waals surface area contributed by atoms with Crippen LogP contribution >= 0.6 is 0 Å². The average Bonchev–Trinajstić information content (AvgIpc) is 2.01. The Morgan fingerprint density at radius 3 is 2.67 bits per heavy atom. The zero-order chi connectivity index (χ0) is 9.14. The summed E-state index contributed by atoms with van der Waals surface area (Å²) in [5, 5.41) is 26.8. The van der Waals surface area contributed by atoms with Crippen LogP contribution in [0.25, 0.3) is 0 Å². The van der Waals surface area contributed by atoms with E-state index in [2.05, 4.69) is 9.47 Å². The van der Waals surface area contributed by atoms with Crippen LogP contribution in [0.4, 0.5) is 0 Å². The first-order valence-corrected chi connectivity index (χ1v) is 3.18. The highest BCUT2D eigenvalue weighted by atomic mass is 16.7. The van der Waals surface area contributed by atoms with Gasteiger partial charge >= 0.3 is 6.47 Å². The van der Waals surface area contributed by atoms with Crippen molar-refractivity contribution in [2.75, 3.05) is 0 Å². The topological polar surface area (TPSA) is 96.2 Å². The zero-order valence-corrected chi connectivity index (χ0v) is 5.95. The third kappa shape index (κ3) is 1.73. The van der Waals surface area contributed by atoms with E-state index in [1.165, 1.54) is 0 Å². The van der Waals surface area contributed by atoms with Crippen LogP contribution < -0.4 is 0 Å². The number of aliphatic hydroxyl groups excluding tert-OH is 3. The van der Waals surface area contributed by atoms with Gasteiger partial charge in [0.25, 0.3) is 5.95 Å². The molecular formula is C6H8O6. The first-order valence-electron chi connectivity index (χ1n) is 3.18. The molecule has 1 unspecified atom stereocenters. The Balaban J connectivity index is 2.67. The molecule has 12 heavy (non-hydrogen) atoms. The zero-order valence-electron chi connectivity index (χ0n) is 5.95. The van der Waals surface area contributed by atoms with Gasteiger partial charge in [0, 0.05) is 6.08 Å². The van der Waals surface area contributed by atoms with Gasteiger partial charge in [-0.05, 0) is 0 Å². The van der Waals surface area contributed by atoms with Gasteiger partial charge in [-0.1, -0.05) is 0 Å². The summed E-state index contributed by atoms with van der Waals surface area (Å²) in [5.41, 5.74) is 0. The van der Waals surface area contributed by atoms with Gasteiger partial charge in [0.05, 0.1) is 0 Å². The summed E-state index contributed by atoms with van der Waals surface area (Å²) in [5.74, 6) is -0.324. The number of ether oxygens (including phenoxy) is 2. The molecule has 0 aromatic carbocycles. The van der Waals surface area contributed by atoms with Crippen LogP contribution in [0.2, 0.25) is 0 Å². The van der Waals surface area contributed by atoms with Crippen molar-refractivity contribution in [3.05, 3.63) is 12.0 Å². The summed E-state index contributed by atoms with van der Waals surface area (Å²) in [7, 11) is 0. The first-order chi connectivity index (χ1) is 5.65. The number of hydrogen-bond donors (Lipinski definition) is 3. The van der Waals surface area contributed by atoms with Gasteiger partial charge < -0.3 is 24.8 Å². The monoisotopic (exact) mass is 176 g/mol. The fourth-order valence-electron chi connectivity index (χ4n) is 0.749. The van der Waals surface area contributed by atoms with Gasteiger partial charge in [-0.3, -0.25) is 4.79 Å². The molecule has 0 fully saturated rings. The lowest BCUT2D eigenvalue weighted by molar-refractivity contribution is -0.199. The van der Waals surface area contributed by atoms with Crippen LogP contribution in [-0.4, -0.2) is 40.3 Å². The van der Waals surface area contributed by atoms with E-state index in [0.29, 0.717) is 0 Å². The summed E-state index contributed by atoms with van der Waals surface area (Å²) < 4.78 is 8.66. The second-order valence-corrected chi connectivity index (χ2v) is 2.19. The molecule has 0 aromatic heterocycles. The maximum absolute atomic E-state index is 9.80. The van der Waals surface area contributed by atoms with Gasteiger partial charge in [-0.25, -0.2) is 0 Å². The SMILES string of the molecule is O=COC1=C[C@H](O)C(O)[C@H](O)O1. The smallest absolute Gasteiger partial charge is 0.300 e. The lowest BCUT2D eigenvalue weighted by Crippen LogP contribution is -2.41. The van der Waals surface area contributed by atoms with Crippen LogP contribution in [0.3, 0.4) is 0 Å². The lowest BCUT2D eigenvalue weighted by Gasteiger charge is -2.26. The van der Waals surface area contributed by atoms with Crippen molar-refractivity contribution < 1.29 is 29.6 Å². The molecule has 1 aliphatic heterocycles. The minimum Gasteiger partial charge on any atom is -0.433 e. The fourth-order valence-corrected chi connectivity index (χ4v) is 0.749. The van der Waals surface area contributed by atoms with E-state index in [4.69, 9.17) is 15.3 Å². The average molecular weight is 176 g/mol. The maximum atomic E-state index is 9.80. The summed E-state index contributed by atoms with van der Waals surface area (Å²) in [6.45, 7) is 0.0863. The Hall–Kier alpha value is -1.11. The Bertz CT molecular complexity index is 200. The molecule has 3 atom stereocenters. The van der Waals surface area contributed by atoms with Crippen LogP contribution in [0.1, 0.15) is 0 Å². The molecule has 3 N–H and O–H groups in total. The second-order valence-electron chi connectivity index (χ2n) is 2.19. The molecule has 0 bridgehead atoms. The minimum atomic E-state index is -1.58. The number of carbonyl (C=O) groups excluding carboxylic acids is 1. The van der Waals surface area contributed by atoms with Crippen molar-refractivity contribution in [1.82, 2.24) is 0 Å². The third-order valence-corrected chi connectivity index (χ3v) is 1.35. The Morgan fingerprint density at radius 1 is 1.50 bits per heavy atom. The van der Waals surface area contributed by atoms with Crippen molar-refractivity contribution in [2.24, 2.45) is 0 Å². The van der Waals surface area contributed by atoms with E-state index in [9.17, 15) is 4.79 Å². The predicted octanol–water partition coefficient (Wildman–Crippen LogP) is -1.93. The highest BCUT2D eigenvalue weighted by Crippen LogP contribution is 2.16. The summed E-state index contributed by atoms with van der Waals surface area (Å²) in [6.07, 6.45) is -3.33. The summed E-state index contributed by atoms with van der Waals surface area (Å²) >= 11 is 0. The van der Waals surface area contributed by atoms with Crippen LogP contribution in [0.5, 0.6) is 0 Å². The molecule has 0 amide bonds.